The van der Waals surface area contributed by atoms with E-state index >= 15 is 0 Å². The number of carbonyl (C=O) groups excluding carboxylic acids is 1. The summed E-state index contributed by atoms with van der Waals surface area (Å²) in [6.07, 6.45) is -4.48. The summed E-state index contributed by atoms with van der Waals surface area (Å²) in [7, 11) is 0. The van der Waals surface area contributed by atoms with E-state index in [4.69, 9.17) is 5.11 Å². The summed E-state index contributed by atoms with van der Waals surface area (Å²) >= 11 is 1.71. The molecule has 0 heterocycles. The van der Waals surface area contributed by atoms with Gasteiger partial charge in [0, 0.05) is 15.7 Å². The van der Waals surface area contributed by atoms with E-state index in [0.717, 1.165) is 12.1 Å². The van der Waals surface area contributed by atoms with Crippen molar-refractivity contribution in [3.63, 3.8) is 0 Å². The molecule has 1 aromatic carbocycles. The van der Waals surface area contributed by atoms with Gasteiger partial charge in [0.1, 0.15) is 0 Å². The number of alkyl halides is 3. The molecule has 94 valence electrons. The number of aliphatic hydroxyl groups excluding tert-OH is 1. The average molecular weight is 359 g/mol. The Kier molecular flexibility index (Phi) is 4.75. The summed E-state index contributed by atoms with van der Waals surface area (Å²) in [6.45, 7) is -0.256. The minimum Gasteiger partial charge on any atom is -0.395 e. The monoisotopic (exact) mass is 359 g/mol. The van der Waals surface area contributed by atoms with Crippen molar-refractivity contribution in [1.29, 1.82) is 0 Å². The van der Waals surface area contributed by atoms with E-state index in [1.807, 2.05) is 0 Å². The molecule has 7 heteroatoms. The second-order valence-electron chi connectivity index (χ2n) is 3.21. The Bertz CT molecular complexity index is 421. The molecule has 0 bridgehead atoms. The molecule has 17 heavy (non-hydrogen) atoms. The number of halogens is 4. The van der Waals surface area contributed by atoms with Gasteiger partial charge in [-0.15, -0.1) is 0 Å². The van der Waals surface area contributed by atoms with Gasteiger partial charge in [-0.2, -0.15) is 13.2 Å². The van der Waals surface area contributed by atoms with Gasteiger partial charge < -0.3 is 10.4 Å². The molecule has 0 aromatic heterocycles. The van der Waals surface area contributed by atoms with Gasteiger partial charge >= 0.3 is 6.18 Å². The fraction of sp³-hybridized carbons (Fsp3) is 0.300. The molecule has 0 aliphatic carbocycles. The molecule has 0 saturated carbocycles. The first-order chi connectivity index (χ1) is 7.84. The third kappa shape index (κ3) is 4.15. The van der Waals surface area contributed by atoms with Crippen molar-refractivity contribution in [2.75, 3.05) is 13.2 Å². The van der Waals surface area contributed by atoms with Crippen LogP contribution in [0.25, 0.3) is 0 Å². The number of nitrogens with one attached hydrogen (secondary N) is 1. The van der Waals surface area contributed by atoms with Crippen LogP contribution in [-0.2, 0) is 6.18 Å². The highest BCUT2D eigenvalue weighted by Gasteiger charge is 2.31. The Morgan fingerprint density at radius 2 is 2.00 bits per heavy atom. The van der Waals surface area contributed by atoms with Gasteiger partial charge in [0.2, 0.25) is 0 Å². The van der Waals surface area contributed by atoms with Crippen molar-refractivity contribution in [3.8, 4) is 0 Å². The van der Waals surface area contributed by atoms with Crippen molar-refractivity contribution < 1.29 is 23.1 Å². The maximum atomic E-state index is 12.5. The first-order valence-corrected chi connectivity index (χ1v) is 5.69. The van der Waals surface area contributed by atoms with E-state index in [0.29, 0.717) is 3.57 Å². The number of rotatable bonds is 3. The number of amides is 1. The van der Waals surface area contributed by atoms with E-state index in [1.54, 1.807) is 22.6 Å². The van der Waals surface area contributed by atoms with Crippen molar-refractivity contribution >= 4 is 28.5 Å². The highest BCUT2D eigenvalue weighted by atomic mass is 127. The second kappa shape index (κ2) is 5.67. The molecule has 3 nitrogen and oxygen atoms in total. The van der Waals surface area contributed by atoms with Crippen LogP contribution in [0.4, 0.5) is 13.2 Å². The molecular formula is C10H9F3INO2. The Morgan fingerprint density at radius 1 is 1.35 bits per heavy atom. The smallest absolute Gasteiger partial charge is 0.395 e. The molecule has 1 rings (SSSR count). The molecule has 0 atom stereocenters. The lowest BCUT2D eigenvalue weighted by molar-refractivity contribution is -0.137. The average Bonchev–Trinajstić information content (AvgIpc) is 2.23. The molecule has 1 amide bonds. The van der Waals surface area contributed by atoms with Gasteiger partial charge in [-0.3, -0.25) is 4.79 Å². The Labute approximate surface area is 109 Å². The Morgan fingerprint density at radius 3 is 2.53 bits per heavy atom. The lowest BCUT2D eigenvalue weighted by Crippen LogP contribution is -2.26. The number of aliphatic hydroxyl groups is 1. The van der Waals surface area contributed by atoms with Crippen LogP contribution in [0, 0.1) is 3.57 Å². The van der Waals surface area contributed by atoms with Crippen molar-refractivity contribution in [2.45, 2.75) is 6.18 Å². The topological polar surface area (TPSA) is 49.3 Å². The lowest BCUT2D eigenvalue weighted by Gasteiger charge is -2.10. The van der Waals surface area contributed by atoms with Gasteiger partial charge in [0.25, 0.3) is 5.91 Å². The predicted molar refractivity (Wildman–Crippen MR) is 63.6 cm³/mol. The SMILES string of the molecule is O=C(NCCO)c1cc(I)cc(C(F)(F)F)c1. The highest BCUT2D eigenvalue weighted by molar-refractivity contribution is 14.1. The lowest BCUT2D eigenvalue weighted by atomic mass is 10.1. The van der Waals surface area contributed by atoms with Crippen LogP contribution >= 0.6 is 22.6 Å². The molecule has 0 unspecified atom stereocenters. The van der Waals surface area contributed by atoms with Gasteiger partial charge in [-0.05, 0) is 40.8 Å². The van der Waals surface area contributed by atoms with Gasteiger partial charge in [-0.1, -0.05) is 0 Å². The second-order valence-corrected chi connectivity index (χ2v) is 4.45. The minimum atomic E-state index is -4.48. The Balaban J connectivity index is 3.01. The summed E-state index contributed by atoms with van der Waals surface area (Å²) in [5.74, 6) is -0.636. The number of hydrogen-bond donors (Lipinski definition) is 2. The normalized spacial score (nSPS) is 11.4. The fourth-order valence-electron chi connectivity index (χ4n) is 1.16. The number of benzene rings is 1. The van der Waals surface area contributed by atoms with Crippen molar-refractivity contribution in [1.82, 2.24) is 5.32 Å². The standard InChI is InChI=1S/C10H9F3INO2/c11-10(12,13)7-3-6(4-8(14)5-7)9(17)15-1-2-16/h3-5,16H,1-2H2,(H,15,17). The van der Waals surface area contributed by atoms with Crippen LogP contribution in [0.1, 0.15) is 15.9 Å². The van der Waals surface area contributed by atoms with E-state index < -0.39 is 17.6 Å². The van der Waals surface area contributed by atoms with Gasteiger partial charge in [-0.25, -0.2) is 0 Å². The van der Waals surface area contributed by atoms with E-state index in [1.165, 1.54) is 6.07 Å². The molecule has 0 fully saturated rings. The summed E-state index contributed by atoms with van der Waals surface area (Å²) in [5.41, 5.74) is -0.934. The number of carbonyl (C=O) groups is 1. The molecule has 2 N–H and O–H groups in total. The van der Waals surface area contributed by atoms with Gasteiger partial charge in [0.05, 0.1) is 12.2 Å². The third-order valence-corrected chi connectivity index (χ3v) is 2.51. The van der Waals surface area contributed by atoms with Crippen LogP contribution in [0.2, 0.25) is 0 Å². The summed E-state index contributed by atoms with van der Waals surface area (Å²) in [4.78, 5) is 11.4. The third-order valence-electron chi connectivity index (χ3n) is 1.88. The molecule has 0 saturated heterocycles. The highest BCUT2D eigenvalue weighted by Crippen LogP contribution is 2.31. The first kappa shape index (κ1) is 14.2. The quantitative estimate of drug-likeness (QED) is 0.812. The molecular weight excluding hydrogens is 350 g/mol. The van der Waals surface area contributed by atoms with Crippen LogP contribution < -0.4 is 5.32 Å². The number of hydrogen-bond acceptors (Lipinski definition) is 2. The maximum Gasteiger partial charge on any atom is 0.416 e. The zero-order valence-corrected chi connectivity index (χ0v) is 10.7. The molecule has 0 radical (unpaired) electrons. The zero-order valence-electron chi connectivity index (χ0n) is 8.51. The fourth-order valence-corrected chi connectivity index (χ4v) is 1.83. The molecule has 1 aromatic rings. The van der Waals surface area contributed by atoms with Crippen LogP contribution in [0.5, 0.6) is 0 Å². The largest absolute Gasteiger partial charge is 0.416 e. The summed E-state index contributed by atoms with van der Waals surface area (Å²) in [5, 5.41) is 10.8. The first-order valence-electron chi connectivity index (χ1n) is 4.61. The van der Waals surface area contributed by atoms with Crippen LogP contribution in [-0.4, -0.2) is 24.2 Å². The molecule has 0 aliphatic rings. The summed E-state index contributed by atoms with van der Waals surface area (Å²) in [6, 6.07) is 3.10. The molecule has 0 spiro atoms. The van der Waals surface area contributed by atoms with E-state index in [9.17, 15) is 18.0 Å². The van der Waals surface area contributed by atoms with Crippen LogP contribution in [0.15, 0.2) is 18.2 Å². The van der Waals surface area contributed by atoms with E-state index in [2.05, 4.69) is 5.32 Å². The van der Waals surface area contributed by atoms with Gasteiger partial charge in [0.15, 0.2) is 0 Å². The van der Waals surface area contributed by atoms with Crippen molar-refractivity contribution in [2.24, 2.45) is 0 Å². The maximum absolute atomic E-state index is 12.5. The minimum absolute atomic E-state index is 0.00561. The molecule has 0 aliphatic heterocycles. The van der Waals surface area contributed by atoms with E-state index in [-0.39, 0.29) is 18.7 Å². The summed E-state index contributed by atoms with van der Waals surface area (Å²) < 4.78 is 37.8. The van der Waals surface area contributed by atoms with Crippen molar-refractivity contribution in [3.05, 3.63) is 32.9 Å². The zero-order chi connectivity index (χ0) is 13.1. The van der Waals surface area contributed by atoms with Crippen LogP contribution in [0.3, 0.4) is 0 Å². The Hall–Kier alpha value is -0.830. The predicted octanol–water partition coefficient (Wildman–Crippen LogP) is 2.03.